The molecule has 1 fully saturated rings. The van der Waals surface area contributed by atoms with Crippen LogP contribution in [0.5, 0.6) is 0 Å². The second-order valence-electron chi connectivity index (χ2n) is 6.64. The molecule has 6 nitrogen and oxygen atoms in total. The van der Waals surface area contributed by atoms with Crippen LogP contribution >= 0.6 is 0 Å². The number of rotatable bonds is 3. The maximum Gasteiger partial charge on any atom is 0.293 e. The van der Waals surface area contributed by atoms with Gasteiger partial charge in [-0.2, -0.15) is 4.98 Å². The number of amides is 1. The molecule has 1 aromatic carbocycles. The van der Waals surface area contributed by atoms with Gasteiger partial charge in [0.15, 0.2) is 11.6 Å². The molecule has 126 valence electrons. The third-order valence-electron chi connectivity index (χ3n) is 5.17. The number of aryl methyl sites for hydroxylation is 1. The fourth-order valence-corrected chi connectivity index (χ4v) is 3.97. The standard InChI is InChI=1S/C19H17N3O3/c23-17-10-13(18-20-19(25-21-18)16-6-3-9-24-16)11-22(17)15-8-7-12-4-1-2-5-14(12)15/h1-6,9,13,15H,7-8,10-11H2/t13-,15-/m1/s1. The minimum atomic E-state index is -0.0345. The van der Waals surface area contributed by atoms with Crippen molar-refractivity contribution >= 4 is 5.91 Å². The average Bonchev–Trinajstić information content (AvgIpc) is 3.40. The lowest BCUT2D eigenvalue weighted by molar-refractivity contribution is -0.129. The Morgan fingerprint density at radius 3 is 2.96 bits per heavy atom. The van der Waals surface area contributed by atoms with Gasteiger partial charge in [0, 0.05) is 18.9 Å². The topological polar surface area (TPSA) is 72.4 Å². The van der Waals surface area contributed by atoms with Gasteiger partial charge in [0.05, 0.1) is 12.3 Å². The molecule has 2 atom stereocenters. The van der Waals surface area contributed by atoms with Crippen molar-refractivity contribution in [3.8, 4) is 11.7 Å². The summed E-state index contributed by atoms with van der Waals surface area (Å²) in [6.07, 6.45) is 4.01. The first-order valence-corrected chi connectivity index (χ1v) is 8.54. The molecule has 0 N–H and O–H groups in total. The summed E-state index contributed by atoms with van der Waals surface area (Å²) in [6, 6.07) is 12.1. The molecular formula is C19H17N3O3. The summed E-state index contributed by atoms with van der Waals surface area (Å²) in [5.41, 5.74) is 2.63. The minimum absolute atomic E-state index is 0.0345. The molecule has 6 heteroatoms. The van der Waals surface area contributed by atoms with E-state index in [1.807, 2.05) is 11.0 Å². The molecule has 2 aromatic heterocycles. The van der Waals surface area contributed by atoms with Crippen LogP contribution in [0, 0.1) is 0 Å². The van der Waals surface area contributed by atoms with Gasteiger partial charge in [-0.25, -0.2) is 0 Å². The molecule has 5 rings (SSSR count). The zero-order chi connectivity index (χ0) is 16.8. The van der Waals surface area contributed by atoms with Gasteiger partial charge >= 0.3 is 0 Å². The first kappa shape index (κ1) is 14.5. The predicted octanol–water partition coefficient (Wildman–Crippen LogP) is 3.33. The van der Waals surface area contributed by atoms with Crippen molar-refractivity contribution in [1.82, 2.24) is 15.0 Å². The summed E-state index contributed by atoms with van der Waals surface area (Å²) in [7, 11) is 0. The maximum absolute atomic E-state index is 12.6. The van der Waals surface area contributed by atoms with Gasteiger partial charge in [-0.15, -0.1) is 0 Å². The van der Waals surface area contributed by atoms with Crippen LogP contribution in [0.15, 0.2) is 51.6 Å². The van der Waals surface area contributed by atoms with Crippen molar-refractivity contribution < 1.29 is 13.7 Å². The fourth-order valence-electron chi connectivity index (χ4n) is 3.97. The van der Waals surface area contributed by atoms with Gasteiger partial charge in [-0.3, -0.25) is 4.79 Å². The van der Waals surface area contributed by atoms with Crippen LogP contribution in [0.4, 0.5) is 0 Å². The van der Waals surface area contributed by atoms with E-state index in [1.165, 1.54) is 11.1 Å². The lowest BCUT2D eigenvalue weighted by Gasteiger charge is -2.25. The van der Waals surface area contributed by atoms with Crippen LogP contribution in [-0.4, -0.2) is 27.5 Å². The Labute approximate surface area is 144 Å². The quantitative estimate of drug-likeness (QED) is 0.734. The first-order chi connectivity index (χ1) is 12.3. The van der Waals surface area contributed by atoms with Crippen molar-refractivity contribution in [2.24, 2.45) is 0 Å². The number of hydrogen-bond acceptors (Lipinski definition) is 5. The summed E-state index contributed by atoms with van der Waals surface area (Å²) in [5, 5.41) is 4.07. The number of nitrogens with zero attached hydrogens (tertiary/aromatic N) is 3. The Hall–Kier alpha value is -2.89. The normalized spacial score (nSPS) is 22.6. The van der Waals surface area contributed by atoms with E-state index in [4.69, 9.17) is 8.94 Å². The van der Waals surface area contributed by atoms with E-state index in [9.17, 15) is 4.79 Å². The molecule has 1 saturated heterocycles. The van der Waals surface area contributed by atoms with Crippen molar-refractivity contribution in [2.75, 3.05) is 6.54 Å². The van der Waals surface area contributed by atoms with Crippen LogP contribution in [-0.2, 0) is 11.2 Å². The highest BCUT2D eigenvalue weighted by Gasteiger charge is 2.40. The Kier molecular flexibility index (Phi) is 3.23. The molecule has 0 saturated carbocycles. The Morgan fingerprint density at radius 1 is 1.16 bits per heavy atom. The number of likely N-dealkylation sites (tertiary alicyclic amines) is 1. The van der Waals surface area contributed by atoms with E-state index in [0.29, 0.717) is 30.4 Å². The zero-order valence-electron chi connectivity index (χ0n) is 13.6. The van der Waals surface area contributed by atoms with E-state index >= 15 is 0 Å². The molecule has 0 radical (unpaired) electrons. The van der Waals surface area contributed by atoms with Crippen LogP contribution in [0.1, 0.15) is 41.8 Å². The smallest absolute Gasteiger partial charge is 0.293 e. The number of carbonyl (C=O) groups is 1. The highest BCUT2D eigenvalue weighted by molar-refractivity contribution is 5.80. The van der Waals surface area contributed by atoms with E-state index in [2.05, 4.69) is 28.3 Å². The Morgan fingerprint density at radius 2 is 2.08 bits per heavy atom. The first-order valence-electron chi connectivity index (χ1n) is 8.54. The number of hydrogen-bond donors (Lipinski definition) is 0. The number of carbonyl (C=O) groups excluding carboxylic acids is 1. The van der Waals surface area contributed by atoms with E-state index < -0.39 is 0 Å². The maximum atomic E-state index is 12.6. The van der Waals surface area contributed by atoms with E-state index in [-0.39, 0.29) is 17.9 Å². The van der Waals surface area contributed by atoms with Crippen molar-refractivity contribution in [3.05, 3.63) is 59.6 Å². The second kappa shape index (κ2) is 5.58. The van der Waals surface area contributed by atoms with Crippen molar-refractivity contribution in [3.63, 3.8) is 0 Å². The average molecular weight is 335 g/mol. The predicted molar refractivity (Wildman–Crippen MR) is 88.6 cm³/mol. The molecule has 1 aliphatic carbocycles. The Bertz CT molecular complexity index is 916. The summed E-state index contributed by atoms with van der Waals surface area (Å²) < 4.78 is 10.6. The largest absolute Gasteiger partial charge is 0.459 e. The van der Waals surface area contributed by atoms with Crippen LogP contribution in [0.25, 0.3) is 11.7 Å². The molecule has 0 bridgehead atoms. The third kappa shape index (κ3) is 2.36. The number of fused-ring (bicyclic) bond motifs is 1. The SMILES string of the molecule is O=C1C[C@@H](c2noc(-c3ccco3)n2)CN1[C@@H]1CCc2ccccc21. The minimum Gasteiger partial charge on any atom is -0.459 e. The molecule has 1 amide bonds. The lowest BCUT2D eigenvalue weighted by atomic mass is 10.1. The van der Waals surface area contributed by atoms with Crippen molar-refractivity contribution in [2.45, 2.75) is 31.2 Å². The van der Waals surface area contributed by atoms with Gasteiger partial charge in [0.2, 0.25) is 5.91 Å². The van der Waals surface area contributed by atoms with Gasteiger partial charge in [0.25, 0.3) is 5.89 Å². The lowest BCUT2D eigenvalue weighted by Crippen LogP contribution is -2.28. The molecule has 0 unspecified atom stereocenters. The van der Waals surface area contributed by atoms with Gasteiger partial charge < -0.3 is 13.8 Å². The third-order valence-corrected chi connectivity index (χ3v) is 5.17. The molecule has 3 heterocycles. The van der Waals surface area contributed by atoms with Gasteiger partial charge in [-0.1, -0.05) is 29.4 Å². The van der Waals surface area contributed by atoms with Crippen molar-refractivity contribution in [1.29, 1.82) is 0 Å². The zero-order valence-corrected chi connectivity index (χ0v) is 13.6. The van der Waals surface area contributed by atoms with E-state index in [0.717, 1.165) is 12.8 Å². The molecule has 1 aliphatic heterocycles. The monoisotopic (exact) mass is 335 g/mol. The van der Waals surface area contributed by atoms with Gasteiger partial charge in [0.1, 0.15) is 0 Å². The fraction of sp³-hybridized carbons (Fsp3) is 0.316. The highest BCUT2D eigenvalue weighted by atomic mass is 16.5. The van der Waals surface area contributed by atoms with Gasteiger partial charge in [-0.05, 0) is 36.1 Å². The van der Waals surface area contributed by atoms with Crippen LogP contribution < -0.4 is 0 Å². The Balaban J connectivity index is 1.38. The van der Waals surface area contributed by atoms with Crippen LogP contribution in [0.2, 0.25) is 0 Å². The summed E-state index contributed by atoms with van der Waals surface area (Å²) in [6.45, 7) is 0.634. The molecule has 0 spiro atoms. The summed E-state index contributed by atoms with van der Waals surface area (Å²) >= 11 is 0. The van der Waals surface area contributed by atoms with Crippen LogP contribution in [0.3, 0.4) is 0 Å². The second-order valence-corrected chi connectivity index (χ2v) is 6.64. The number of furan rings is 1. The van der Waals surface area contributed by atoms with E-state index in [1.54, 1.807) is 18.4 Å². The molecular weight excluding hydrogens is 318 g/mol. The molecule has 2 aliphatic rings. The highest BCUT2D eigenvalue weighted by Crippen LogP contribution is 2.40. The molecule has 25 heavy (non-hydrogen) atoms. The summed E-state index contributed by atoms with van der Waals surface area (Å²) in [4.78, 5) is 19.0. The number of aromatic nitrogens is 2. The summed E-state index contributed by atoms with van der Waals surface area (Å²) in [5.74, 6) is 1.61. The number of benzene rings is 1. The molecule has 3 aromatic rings.